The van der Waals surface area contributed by atoms with Gasteiger partial charge in [-0.25, -0.2) is 0 Å². The van der Waals surface area contributed by atoms with Gasteiger partial charge in [0.05, 0.1) is 6.54 Å². The predicted molar refractivity (Wildman–Crippen MR) is 67.9 cm³/mol. The summed E-state index contributed by atoms with van der Waals surface area (Å²) in [6.07, 6.45) is 1.69. The van der Waals surface area contributed by atoms with Gasteiger partial charge < -0.3 is 15.4 Å². The Kier molecular flexibility index (Phi) is 5.82. The first kappa shape index (κ1) is 13.3. The van der Waals surface area contributed by atoms with E-state index in [1.54, 1.807) is 13.1 Å². The summed E-state index contributed by atoms with van der Waals surface area (Å²) < 4.78 is 5.49. The van der Waals surface area contributed by atoms with Crippen LogP contribution in [0.5, 0.6) is 5.75 Å². The van der Waals surface area contributed by atoms with Crippen LogP contribution in [0.3, 0.4) is 0 Å². The lowest BCUT2D eigenvalue weighted by Gasteiger charge is -2.10. The summed E-state index contributed by atoms with van der Waals surface area (Å²) in [5, 5.41) is 5.61. The highest BCUT2D eigenvalue weighted by molar-refractivity contribution is 5.77. The largest absolute Gasteiger partial charge is 0.489 e. The van der Waals surface area contributed by atoms with Gasteiger partial charge in [-0.15, -0.1) is 0 Å². The zero-order valence-electron chi connectivity index (χ0n) is 10.0. The molecular formula is C13H18N2O2. The summed E-state index contributed by atoms with van der Waals surface area (Å²) >= 11 is 0. The molecule has 2 N–H and O–H groups in total. The Balaban J connectivity index is 2.56. The van der Waals surface area contributed by atoms with Crippen molar-refractivity contribution in [1.82, 2.24) is 10.6 Å². The van der Waals surface area contributed by atoms with Crippen LogP contribution in [0.25, 0.3) is 0 Å². The van der Waals surface area contributed by atoms with Crippen LogP contribution in [0.4, 0.5) is 0 Å². The number of ether oxygens (including phenoxy) is 1. The lowest BCUT2D eigenvalue weighted by molar-refractivity contribution is -0.120. The molecule has 0 atom stereocenters. The van der Waals surface area contributed by atoms with Crippen molar-refractivity contribution in [2.45, 2.75) is 6.54 Å². The molecule has 0 aliphatic rings. The van der Waals surface area contributed by atoms with Gasteiger partial charge in [-0.05, 0) is 13.1 Å². The van der Waals surface area contributed by atoms with Crippen molar-refractivity contribution < 1.29 is 9.53 Å². The monoisotopic (exact) mass is 234 g/mol. The Bertz CT molecular complexity index is 377. The topological polar surface area (TPSA) is 50.4 Å². The summed E-state index contributed by atoms with van der Waals surface area (Å²) in [4.78, 5) is 11.3. The molecule has 4 nitrogen and oxygen atoms in total. The second-order valence-corrected chi connectivity index (χ2v) is 3.51. The van der Waals surface area contributed by atoms with Gasteiger partial charge in [-0.1, -0.05) is 30.9 Å². The standard InChI is InChI=1S/C13H18N2O2/c1-3-8-17-12-7-5-4-6-11(12)9-15-13(16)10-14-2/h3-7,14H,1,8-10H2,2H3,(H,15,16). The number of hydrogen-bond acceptors (Lipinski definition) is 3. The smallest absolute Gasteiger partial charge is 0.234 e. The van der Waals surface area contributed by atoms with Gasteiger partial charge in [0.15, 0.2) is 0 Å². The molecule has 0 radical (unpaired) electrons. The van der Waals surface area contributed by atoms with Crippen LogP contribution < -0.4 is 15.4 Å². The Morgan fingerprint density at radius 1 is 1.47 bits per heavy atom. The summed E-state index contributed by atoms with van der Waals surface area (Å²) in [6, 6.07) is 7.62. The van der Waals surface area contributed by atoms with Gasteiger partial charge >= 0.3 is 0 Å². The van der Waals surface area contributed by atoms with Gasteiger partial charge in [0, 0.05) is 12.1 Å². The molecule has 0 spiro atoms. The Morgan fingerprint density at radius 2 is 2.24 bits per heavy atom. The Morgan fingerprint density at radius 3 is 2.94 bits per heavy atom. The minimum absolute atomic E-state index is 0.0361. The molecule has 0 saturated carbocycles. The van der Waals surface area contributed by atoms with E-state index in [4.69, 9.17) is 4.74 Å². The quantitative estimate of drug-likeness (QED) is 0.694. The number of nitrogens with one attached hydrogen (secondary N) is 2. The lowest BCUT2D eigenvalue weighted by Crippen LogP contribution is -2.31. The molecular weight excluding hydrogens is 216 g/mol. The van der Waals surface area contributed by atoms with E-state index in [1.807, 2.05) is 24.3 Å². The van der Waals surface area contributed by atoms with Gasteiger partial charge in [0.1, 0.15) is 12.4 Å². The van der Waals surface area contributed by atoms with Crippen molar-refractivity contribution in [3.05, 3.63) is 42.5 Å². The molecule has 0 fully saturated rings. The number of carbonyl (C=O) groups is 1. The van der Waals surface area contributed by atoms with E-state index >= 15 is 0 Å². The first-order chi connectivity index (χ1) is 8.27. The molecule has 0 bridgehead atoms. The third-order valence-corrected chi connectivity index (χ3v) is 2.14. The zero-order valence-corrected chi connectivity index (χ0v) is 10.0. The molecule has 0 unspecified atom stereocenters. The molecule has 0 saturated heterocycles. The fourth-order valence-corrected chi connectivity index (χ4v) is 1.36. The normalized spacial score (nSPS) is 9.71. The minimum atomic E-state index is -0.0361. The van der Waals surface area contributed by atoms with Crippen LogP contribution in [0.2, 0.25) is 0 Å². The van der Waals surface area contributed by atoms with E-state index in [9.17, 15) is 4.79 Å². The average molecular weight is 234 g/mol. The van der Waals surface area contributed by atoms with Crippen LogP contribution in [-0.2, 0) is 11.3 Å². The molecule has 17 heavy (non-hydrogen) atoms. The zero-order chi connectivity index (χ0) is 12.5. The third kappa shape index (κ3) is 4.70. The van der Waals surface area contributed by atoms with E-state index in [-0.39, 0.29) is 5.91 Å². The number of rotatable bonds is 7. The molecule has 4 heteroatoms. The number of likely N-dealkylation sites (N-methyl/N-ethyl adjacent to an activating group) is 1. The second-order valence-electron chi connectivity index (χ2n) is 3.51. The number of hydrogen-bond donors (Lipinski definition) is 2. The van der Waals surface area contributed by atoms with Crippen molar-refractivity contribution >= 4 is 5.91 Å². The third-order valence-electron chi connectivity index (χ3n) is 2.14. The number of benzene rings is 1. The summed E-state index contributed by atoms with van der Waals surface area (Å²) in [7, 11) is 1.74. The van der Waals surface area contributed by atoms with E-state index < -0.39 is 0 Å². The van der Waals surface area contributed by atoms with E-state index in [1.165, 1.54) is 0 Å². The number of amides is 1. The highest BCUT2D eigenvalue weighted by Gasteiger charge is 2.04. The number of para-hydroxylation sites is 1. The summed E-state index contributed by atoms with van der Waals surface area (Å²) in [5.74, 6) is 0.739. The van der Waals surface area contributed by atoms with Crippen molar-refractivity contribution in [3.8, 4) is 5.75 Å². The molecule has 0 aliphatic heterocycles. The van der Waals surface area contributed by atoms with Gasteiger partial charge in [0.2, 0.25) is 5.91 Å². The molecule has 0 heterocycles. The maximum atomic E-state index is 11.3. The average Bonchev–Trinajstić information content (AvgIpc) is 2.35. The molecule has 92 valence electrons. The molecule has 1 rings (SSSR count). The fourth-order valence-electron chi connectivity index (χ4n) is 1.36. The Labute approximate surface area is 102 Å². The molecule has 1 aromatic rings. The van der Waals surface area contributed by atoms with Gasteiger partial charge in [-0.3, -0.25) is 4.79 Å². The van der Waals surface area contributed by atoms with E-state index in [0.29, 0.717) is 19.7 Å². The fraction of sp³-hybridized carbons (Fsp3) is 0.308. The Hall–Kier alpha value is -1.81. The first-order valence-corrected chi connectivity index (χ1v) is 5.50. The van der Waals surface area contributed by atoms with Crippen molar-refractivity contribution in [3.63, 3.8) is 0 Å². The van der Waals surface area contributed by atoms with Crippen LogP contribution in [-0.4, -0.2) is 26.1 Å². The van der Waals surface area contributed by atoms with Crippen LogP contribution in [0.1, 0.15) is 5.56 Å². The van der Waals surface area contributed by atoms with Crippen LogP contribution >= 0.6 is 0 Å². The molecule has 1 amide bonds. The van der Waals surface area contributed by atoms with E-state index in [2.05, 4.69) is 17.2 Å². The molecule has 0 aromatic heterocycles. The van der Waals surface area contributed by atoms with E-state index in [0.717, 1.165) is 11.3 Å². The maximum Gasteiger partial charge on any atom is 0.234 e. The SMILES string of the molecule is C=CCOc1ccccc1CNC(=O)CNC. The van der Waals surface area contributed by atoms with Crippen LogP contribution in [0, 0.1) is 0 Å². The molecule has 0 aliphatic carbocycles. The van der Waals surface area contributed by atoms with Crippen molar-refractivity contribution in [2.75, 3.05) is 20.2 Å². The summed E-state index contributed by atoms with van der Waals surface area (Å²) in [6.45, 7) is 4.84. The van der Waals surface area contributed by atoms with Gasteiger partial charge in [0.25, 0.3) is 0 Å². The molecule has 1 aromatic carbocycles. The predicted octanol–water partition coefficient (Wildman–Crippen LogP) is 1.09. The number of carbonyl (C=O) groups excluding carboxylic acids is 1. The van der Waals surface area contributed by atoms with Gasteiger partial charge in [-0.2, -0.15) is 0 Å². The highest BCUT2D eigenvalue weighted by atomic mass is 16.5. The summed E-state index contributed by atoms with van der Waals surface area (Å²) in [5.41, 5.74) is 0.957. The second kappa shape index (κ2) is 7.46. The van der Waals surface area contributed by atoms with Crippen molar-refractivity contribution in [1.29, 1.82) is 0 Å². The minimum Gasteiger partial charge on any atom is -0.489 e. The van der Waals surface area contributed by atoms with Crippen molar-refractivity contribution in [2.24, 2.45) is 0 Å². The lowest BCUT2D eigenvalue weighted by atomic mass is 10.2. The highest BCUT2D eigenvalue weighted by Crippen LogP contribution is 2.17. The first-order valence-electron chi connectivity index (χ1n) is 5.50. The maximum absolute atomic E-state index is 11.3. The van der Waals surface area contributed by atoms with Crippen LogP contribution in [0.15, 0.2) is 36.9 Å².